The molecule has 1 heterocycles. The molecule has 0 spiro atoms. The molecule has 1 aliphatic heterocycles. The third-order valence-corrected chi connectivity index (χ3v) is 3.84. The first-order valence-electron chi connectivity index (χ1n) is 8.94. The van der Waals surface area contributed by atoms with Gasteiger partial charge in [-0.2, -0.15) is 26.3 Å². The number of anilines is 1. The molecule has 0 amide bonds. The zero-order chi connectivity index (χ0) is 24.8. The first kappa shape index (κ1) is 25.6. The number of carbonyl (C=O) groups is 2. The van der Waals surface area contributed by atoms with Gasteiger partial charge in [0.1, 0.15) is 17.2 Å². The summed E-state index contributed by atoms with van der Waals surface area (Å²) in [4.78, 5) is 25.7. The minimum absolute atomic E-state index is 0.159. The Kier molecular flexibility index (Phi) is 8.01. The van der Waals surface area contributed by atoms with Gasteiger partial charge in [0, 0.05) is 24.4 Å². The maximum atomic E-state index is 12.6. The number of alkyl halides is 6. The molecule has 0 saturated heterocycles. The van der Waals surface area contributed by atoms with E-state index in [1.807, 2.05) is 0 Å². The van der Waals surface area contributed by atoms with E-state index in [1.165, 1.54) is 24.4 Å². The number of rotatable bonds is 7. The highest BCUT2D eigenvalue weighted by molar-refractivity contribution is 6.05. The van der Waals surface area contributed by atoms with E-state index in [-0.39, 0.29) is 11.3 Å². The molecule has 1 aliphatic rings. The molecule has 13 heteroatoms. The Bertz CT molecular complexity index is 944. The molecule has 180 valence electrons. The van der Waals surface area contributed by atoms with E-state index in [1.54, 1.807) is 0 Å². The van der Waals surface area contributed by atoms with E-state index >= 15 is 0 Å². The predicted molar refractivity (Wildman–Crippen MR) is 101 cm³/mol. The van der Waals surface area contributed by atoms with Gasteiger partial charge in [0.05, 0.1) is 25.5 Å². The van der Waals surface area contributed by atoms with Gasteiger partial charge >= 0.3 is 24.3 Å². The van der Waals surface area contributed by atoms with Gasteiger partial charge in [-0.1, -0.05) is 6.08 Å². The Labute approximate surface area is 183 Å². The zero-order valence-corrected chi connectivity index (χ0v) is 17.1. The second-order valence-electron chi connectivity index (χ2n) is 6.29. The zero-order valence-electron chi connectivity index (χ0n) is 17.1. The van der Waals surface area contributed by atoms with E-state index in [2.05, 4.69) is 14.2 Å². The molecule has 0 radical (unpaired) electrons. The summed E-state index contributed by atoms with van der Waals surface area (Å²) in [5.74, 6) is -2.99. The Hall–Kier alpha value is -3.64. The molecule has 0 aromatic heterocycles. The summed E-state index contributed by atoms with van der Waals surface area (Å²) in [5, 5.41) is 0. The Morgan fingerprint density at radius 3 is 1.79 bits per heavy atom. The molecule has 0 fully saturated rings. The molecular formula is C20H17F6NO6. The summed E-state index contributed by atoms with van der Waals surface area (Å²) >= 11 is 0. The normalized spacial score (nSPS) is 14.1. The third kappa shape index (κ3) is 7.47. The van der Waals surface area contributed by atoms with Gasteiger partial charge in [0.15, 0.2) is 13.2 Å². The smallest absolute Gasteiger partial charge is 0.422 e. The van der Waals surface area contributed by atoms with E-state index < -0.39 is 54.7 Å². The first-order valence-corrected chi connectivity index (χ1v) is 8.94. The lowest BCUT2D eigenvalue weighted by Gasteiger charge is -2.24. The van der Waals surface area contributed by atoms with Gasteiger partial charge < -0.3 is 23.8 Å². The van der Waals surface area contributed by atoms with Crippen LogP contribution in [0.1, 0.15) is 0 Å². The lowest BCUT2D eigenvalue weighted by atomic mass is 10.1. The maximum Gasteiger partial charge on any atom is 0.422 e. The maximum absolute atomic E-state index is 12.6. The topological polar surface area (TPSA) is 74.3 Å². The van der Waals surface area contributed by atoms with E-state index in [4.69, 9.17) is 4.74 Å². The largest absolute Gasteiger partial charge is 0.484 e. The van der Waals surface area contributed by atoms with Crippen molar-refractivity contribution in [3.63, 3.8) is 0 Å². The minimum atomic E-state index is -4.73. The monoisotopic (exact) mass is 481 g/mol. The number of hydrogen-bond acceptors (Lipinski definition) is 7. The number of hydrogen-bond donors (Lipinski definition) is 0. The molecular weight excluding hydrogens is 464 g/mol. The molecule has 0 aliphatic carbocycles. The van der Waals surface area contributed by atoms with Crippen molar-refractivity contribution in [1.29, 1.82) is 0 Å². The fourth-order valence-corrected chi connectivity index (χ4v) is 2.56. The number of carbonyl (C=O) groups excluding carboxylic acids is 2. The second kappa shape index (κ2) is 10.3. The molecule has 0 N–H and O–H groups in total. The highest BCUT2D eigenvalue weighted by atomic mass is 19.4. The molecule has 0 bridgehead atoms. The van der Waals surface area contributed by atoms with Crippen LogP contribution in [0.15, 0.2) is 53.9 Å². The summed E-state index contributed by atoms with van der Waals surface area (Å²) in [7, 11) is 2.07. The number of halogens is 6. The molecule has 2 rings (SSSR count). The van der Waals surface area contributed by atoms with Crippen LogP contribution >= 0.6 is 0 Å². The highest BCUT2D eigenvalue weighted by Gasteiger charge is 2.31. The summed E-state index contributed by atoms with van der Waals surface area (Å²) < 4.78 is 94.2. The average molecular weight is 481 g/mol. The van der Waals surface area contributed by atoms with Crippen LogP contribution in [0.2, 0.25) is 0 Å². The van der Waals surface area contributed by atoms with Crippen LogP contribution in [0.25, 0.3) is 0 Å². The van der Waals surface area contributed by atoms with Crippen molar-refractivity contribution >= 4 is 17.6 Å². The van der Waals surface area contributed by atoms with Crippen LogP contribution in [0.5, 0.6) is 11.5 Å². The van der Waals surface area contributed by atoms with Gasteiger partial charge in [-0.05, 0) is 12.2 Å². The quantitative estimate of drug-likeness (QED) is 0.430. The van der Waals surface area contributed by atoms with Crippen molar-refractivity contribution in [1.82, 2.24) is 0 Å². The Balaban J connectivity index is 2.61. The second-order valence-corrected chi connectivity index (χ2v) is 6.29. The SMILES string of the molecule is COC(=O)C1=C(C(=O)OC)N(c2cc(OCC(F)(F)F)cc(OCC(F)(F)F)c2)C=CC=C1. The van der Waals surface area contributed by atoms with E-state index in [9.17, 15) is 35.9 Å². The fourth-order valence-electron chi connectivity index (χ4n) is 2.56. The predicted octanol–water partition coefficient (Wildman–Crippen LogP) is 4.06. The molecule has 7 nitrogen and oxygen atoms in total. The van der Waals surface area contributed by atoms with Crippen molar-refractivity contribution in [3.05, 3.63) is 53.9 Å². The minimum Gasteiger partial charge on any atom is -0.484 e. The molecule has 1 aromatic carbocycles. The van der Waals surface area contributed by atoms with Crippen molar-refractivity contribution in [3.8, 4) is 11.5 Å². The van der Waals surface area contributed by atoms with Crippen molar-refractivity contribution < 1.29 is 54.9 Å². The van der Waals surface area contributed by atoms with Crippen LogP contribution < -0.4 is 14.4 Å². The summed E-state index contributed by atoms with van der Waals surface area (Å²) in [5.41, 5.74) is -0.855. The Morgan fingerprint density at radius 1 is 0.818 bits per heavy atom. The number of benzene rings is 1. The van der Waals surface area contributed by atoms with Crippen molar-refractivity contribution in [2.24, 2.45) is 0 Å². The van der Waals surface area contributed by atoms with Gasteiger partial charge in [-0.25, -0.2) is 9.59 Å². The average Bonchev–Trinajstić information content (AvgIpc) is 2.97. The molecule has 1 aromatic rings. The van der Waals surface area contributed by atoms with Gasteiger partial charge in [0.2, 0.25) is 0 Å². The fraction of sp³-hybridized carbons (Fsp3) is 0.300. The van der Waals surface area contributed by atoms with Crippen molar-refractivity contribution in [2.75, 3.05) is 32.3 Å². The van der Waals surface area contributed by atoms with Crippen LogP contribution in [0.4, 0.5) is 32.0 Å². The van der Waals surface area contributed by atoms with Crippen LogP contribution in [-0.4, -0.2) is 51.7 Å². The third-order valence-electron chi connectivity index (χ3n) is 3.84. The number of esters is 2. The van der Waals surface area contributed by atoms with Crippen LogP contribution in [0, 0.1) is 0 Å². The lowest BCUT2D eigenvalue weighted by molar-refractivity contribution is -0.154. The van der Waals surface area contributed by atoms with Gasteiger partial charge in [0.25, 0.3) is 0 Å². The van der Waals surface area contributed by atoms with Gasteiger partial charge in [-0.3, -0.25) is 0 Å². The van der Waals surface area contributed by atoms with Crippen LogP contribution in [-0.2, 0) is 19.1 Å². The summed E-state index contributed by atoms with van der Waals surface area (Å²) in [6.07, 6.45) is -4.29. The van der Waals surface area contributed by atoms with E-state index in [0.29, 0.717) is 0 Å². The first-order chi connectivity index (χ1) is 15.3. The molecule has 33 heavy (non-hydrogen) atoms. The Morgan fingerprint density at radius 2 is 1.33 bits per heavy atom. The molecule has 0 unspecified atom stereocenters. The number of allylic oxidation sites excluding steroid dienone is 2. The molecule has 0 atom stereocenters. The lowest BCUT2D eigenvalue weighted by Crippen LogP contribution is -2.27. The summed E-state index contributed by atoms with van der Waals surface area (Å²) in [6.45, 7) is -3.47. The van der Waals surface area contributed by atoms with Crippen molar-refractivity contribution in [2.45, 2.75) is 12.4 Å². The standard InChI is InChI=1S/C20H17F6NO6/c1-30-17(28)15-5-3-4-6-27(16(15)18(29)31-2)12-7-13(32-10-19(21,22)23)9-14(8-12)33-11-20(24,25)26/h3-9H,10-11H2,1-2H3. The summed E-state index contributed by atoms with van der Waals surface area (Å²) in [6, 6.07) is 2.85. The van der Waals surface area contributed by atoms with E-state index in [0.717, 1.165) is 37.3 Å². The molecule has 0 saturated carbocycles. The van der Waals surface area contributed by atoms with Gasteiger partial charge in [-0.15, -0.1) is 0 Å². The number of nitrogens with zero attached hydrogens (tertiary/aromatic N) is 1. The highest BCUT2D eigenvalue weighted by Crippen LogP contribution is 2.34. The van der Waals surface area contributed by atoms with Crippen LogP contribution in [0.3, 0.4) is 0 Å². The number of methoxy groups -OCH3 is 2. The number of ether oxygens (including phenoxy) is 4.